The molecule has 2 aliphatic rings. The highest BCUT2D eigenvalue weighted by atomic mass is 35.5. The van der Waals surface area contributed by atoms with Gasteiger partial charge in [0.15, 0.2) is 0 Å². The van der Waals surface area contributed by atoms with Crippen LogP contribution in [-0.4, -0.2) is 48.7 Å². The summed E-state index contributed by atoms with van der Waals surface area (Å²) in [5, 5.41) is 10.1. The van der Waals surface area contributed by atoms with Crippen molar-refractivity contribution in [2.45, 2.75) is 26.2 Å². The number of anilines is 2. The second kappa shape index (κ2) is 9.29. The van der Waals surface area contributed by atoms with Crippen molar-refractivity contribution in [3.63, 3.8) is 0 Å². The van der Waals surface area contributed by atoms with Crippen LogP contribution in [0.15, 0.2) is 30.5 Å². The van der Waals surface area contributed by atoms with E-state index in [0.29, 0.717) is 17.4 Å². The molecule has 2 fully saturated rings. The lowest BCUT2D eigenvalue weighted by Crippen LogP contribution is -2.33. The largest absolute Gasteiger partial charge is 0.381 e. The van der Waals surface area contributed by atoms with Gasteiger partial charge in [0.05, 0.1) is 16.6 Å². The van der Waals surface area contributed by atoms with Crippen molar-refractivity contribution in [3.05, 3.63) is 35.5 Å². The van der Waals surface area contributed by atoms with E-state index in [1.807, 2.05) is 18.2 Å². The van der Waals surface area contributed by atoms with Crippen molar-refractivity contribution in [1.29, 1.82) is 0 Å². The first-order valence-electron chi connectivity index (χ1n) is 10.5. The van der Waals surface area contributed by atoms with Crippen LogP contribution in [0.3, 0.4) is 0 Å². The van der Waals surface area contributed by atoms with Crippen LogP contribution in [0.2, 0.25) is 5.02 Å². The van der Waals surface area contributed by atoms with Gasteiger partial charge in [-0.05, 0) is 49.4 Å². The summed E-state index contributed by atoms with van der Waals surface area (Å²) in [6.45, 7) is 6.31. The maximum absolute atomic E-state index is 12.4. The molecule has 1 unspecified atom stereocenters. The van der Waals surface area contributed by atoms with E-state index in [1.54, 1.807) is 12.3 Å². The number of nitrogens with zero attached hydrogens (tertiary/aromatic N) is 2. The zero-order valence-electron chi connectivity index (χ0n) is 17.2. The third kappa shape index (κ3) is 5.09. The van der Waals surface area contributed by atoms with Gasteiger partial charge in [0.1, 0.15) is 11.6 Å². The lowest BCUT2D eigenvalue weighted by atomic mass is 9.82. The molecule has 0 saturated carbocycles. The molecule has 160 valence electrons. The summed E-state index contributed by atoms with van der Waals surface area (Å²) in [6, 6.07) is 7.61. The van der Waals surface area contributed by atoms with E-state index in [1.165, 1.54) is 0 Å². The van der Waals surface area contributed by atoms with Crippen LogP contribution in [0.25, 0.3) is 11.3 Å². The summed E-state index contributed by atoms with van der Waals surface area (Å²) >= 11 is 6.41. The molecule has 2 saturated heterocycles. The van der Waals surface area contributed by atoms with Gasteiger partial charge in [-0.25, -0.2) is 9.97 Å². The van der Waals surface area contributed by atoms with Crippen LogP contribution in [0.1, 0.15) is 26.2 Å². The Kier molecular flexibility index (Phi) is 6.51. The highest BCUT2D eigenvalue weighted by molar-refractivity contribution is 6.33. The van der Waals surface area contributed by atoms with Crippen molar-refractivity contribution < 1.29 is 9.53 Å². The van der Waals surface area contributed by atoms with Gasteiger partial charge in [0.2, 0.25) is 5.91 Å². The Balaban J connectivity index is 1.47. The van der Waals surface area contributed by atoms with Crippen molar-refractivity contribution in [2.75, 3.05) is 43.5 Å². The number of aromatic nitrogens is 2. The quantitative estimate of drug-likeness (QED) is 0.650. The van der Waals surface area contributed by atoms with Crippen molar-refractivity contribution in [3.8, 4) is 11.3 Å². The molecule has 7 nitrogen and oxygen atoms in total. The first kappa shape index (κ1) is 21.0. The van der Waals surface area contributed by atoms with Crippen LogP contribution in [0.4, 0.5) is 11.6 Å². The molecule has 0 spiro atoms. The van der Waals surface area contributed by atoms with Gasteiger partial charge < -0.3 is 20.7 Å². The number of nitrogens with one attached hydrogen (secondary N) is 3. The number of halogens is 1. The molecular weight excluding hydrogens is 402 g/mol. The molecule has 0 aliphatic carbocycles. The van der Waals surface area contributed by atoms with E-state index in [2.05, 4.69) is 27.9 Å². The minimum absolute atomic E-state index is 0.0196. The molecule has 4 heterocycles. The summed E-state index contributed by atoms with van der Waals surface area (Å²) in [4.78, 5) is 21.4. The highest BCUT2D eigenvalue weighted by Gasteiger charge is 2.27. The number of carbonyl (C=O) groups excluding carboxylic acids is 1. The first-order valence-corrected chi connectivity index (χ1v) is 10.9. The van der Waals surface area contributed by atoms with E-state index in [9.17, 15) is 4.79 Å². The molecule has 3 N–H and O–H groups in total. The van der Waals surface area contributed by atoms with Gasteiger partial charge in [-0.15, -0.1) is 0 Å². The van der Waals surface area contributed by atoms with Gasteiger partial charge >= 0.3 is 0 Å². The van der Waals surface area contributed by atoms with Gasteiger partial charge in [-0.2, -0.15) is 0 Å². The molecule has 0 radical (unpaired) electrons. The van der Waals surface area contributed by atoms with Crippen LogP contribution >= 0.6 is 11.6 Å². The maximum atomic E-state index is 12.4. The van der Waals surface area contributed by atoms with Crippen LogP contribution < -0.4 is 16.0 Å². The number of carbonyl (C=O) groups is 1. The summed E-state index contributed by atoms with van der Waals surface area (Å²) in [7, 11) is 0. The van der Waals surface area contributed by atoms with Crippen molar-refractivity contribution in [1.82, 2.24) is 15.3 Å². The summed E-state index contributed by atoms with van der Waals surface area (Å²) in [5.41, 5.74) is 1.69. The van der Waals surface area contributed by atoms with Crippen LogP contribution in [-0.2, 0) is 9.53 Å². The molecule has 2 aromatic rings. The van der Waals surface area contributed by atoms with E-state index < -0.39 is 0 Å². The third-order valence-corrected chi connectivity index (χ3v) is 6.26. The second-order valence-electron chi connectivity index (χ2n) is 8.41. The maximum Gasteiger partial charge on any atom is 0.229 e. The summed E-state index contributed by atoms with van der Waals surface area (Å²) in [6.07, 6.45) is 4.47. The minimum Gasteiger partial charge on any atom is -0.381 e. The number of amides is 1. The average molecular weight is 430 g/mol. The monoisotopic (exact) mass is 429 g/mol. The zero-order chi connectivity index (χ0) is 21.0. The van der Waals surface area contributed by atoms with Crippen LogP contribution in [0, 0.1) is 11.3 Å². The predicted molar refractivity (Wildman–Crippen MR) is 119 cm³/mol. The van der Waals surface area contributed by atoms with E-state index in [0.717, 1.165) is 62.6 Å². The number of hydrogen-bond acceptors (Lipinski definition) is 6. The molecule has 2 aromatic heterocycles. The fourth-order valence-electron chi connectivity index (χ4n) is 3.84. The van der Waals surface area contributed by atoms with E-state index in [4.69, 9.17) is 21.3 Å². The van der Waals surface area contributed by atoms with Crippen molar-refractivity contribution >= 4 is 29.1 Å². The highest BCUT2D eigenvalue weighted by Crippen LogP contribution is 2.31. The first-order chi connectivity index (χ1) is 14.5. The molecule has 8 heteroatoms. The third-order valence-electron chi connectivity index (χ3n) is 5.96. The number of hydrogen-bond donors (Lipinski definition) is 3. The summed E-state index contributed by atoms with van der Waals surface area (Å²) in [5.74, 6) is 1.24. The van der Waals surface area contributed by atoms with E-state index >= 15 is 0 Å². The Bertz CT molecular complexity index is 895. The molecule has 4 rings (SSSR count). The fraction of sp³-hybridized carbons (Fsp3) is 0.500. The molecule has 0 aromatic carbocycles. The lowest BCUT2D eigenvalue weighted by molar-refractivity contribution is -0.119. The smallest absolute Gasteiger partial charge is 0.229 e. The topological polar surface area (TPSA) is 88.2 Å². The summed E-state index contributed by atoms with van der Waals surface area (Å²) < 4.78 is 5.48. The number of rotatable bonds is 6. The molecule has 1 atom stereocenters. The number of ether oxygens (including phenoxy) is 1. The Hall–Kier alpha value is -2.22. The van der Waals surface area contributed by atoms with Gasteiger partial charge in [0.25, 0.3) is 0 Å². The van der Waals surface area contributed by atoms with Gasteiger partial charge in [-0.3, -0.25) is 4.79 Å². The molecular formula is C22H28ClN5O2. The number of pyridine rings is 2. The molecule has 2 aliphatic heterocycles. The average Bonchev–Trinajstić information content (AvgIpc) is 3.30. The normalized spacial score (nSPS) is 20.7. The molecule has 30 heavy (non-hydrogen) atoms. The predicted octanol–water partition coefficient (Wildman–Crippen LogP) is 3.57. The standard InChI is InChI=1S/C22H28ClN5O2/c1-22(6-9-30-10-7-22)14-26-19-4-2-3-18(27-19)16-11-20(25-13-17(16)23)28-21(29)15-5-8-24-12-15/h2-4,11,13,15,24H,5-10,12,14H2,1H3,(H,26,27)(H,25,28,29). The van der Waals surface area contributed by atoms with Gasteiger partial charge in [0, 0.05) is 38.1 Å². The second-order valence-corrected chi connectivity index (χ2v) is 8.82. The van der Waals surface area contributed by atoms with Crippen LogP contribution in [0.5, 0.6) is 0 Å². The molecule has 1 amide bonds. The fourth-order valence-corrected chi connectivity index (χ4v) is 4.04. The SMILES string of the molecule is CC1(CNc2cccc(-c3cc(NC(=O)C4CCNC4)ncc3Cl)n2)CCOCC1. The van der Waals surface area contributed by atoms with Crippen molar-refractivity contribution in [2.24, 2.45) is 11.3 Å². The Morgan fingerprint density at radius 3 is 2.93 bits per heavy atom. The Labute approximate surface area is 182 Å². The molecule has 0 bridgehead atoms. The Morgan fingerprint density at radius 1 is 1.33 bits per heavy atom. The van der Waals surface area contributed by atoms with E-state index in [-0.39, 0.29) is 17.2 Å². The van der Waals surface area contributed by atoms with Gasteiger partial charge in [-0.1, -0.05) is 24.6 Å². The Morgan fingerprint density at radius 2 is 2.17 bits per heavy atom. The minimum atomic E-state index is -0.0249. The zero-order valence-corrected chi connectivity index (χ0v) is 18.0. The lowest BCUT2D eigenvalue weighted by Gasteiger charge is -2.33.